The summed E-state index contributed by atoms with van der Waals surface area (Å²) in [5.41, 5.74) is 0. The average Bonchev–Trinajstić information content (AvgIpc) is 3.23. The minimum Gasteiger partial charge on any atom is -0.294 e. The van der Waals surface area contributed by atoms with E-state index < -0.39 is 10.2 Å². The number of rotatable bonds is 6. The van der Waals surface area contributed by atoms with Gasteiger partial charge in [0.15, 0.2) is 0 Å². The zero-order valence-corrected chi connectivity index (χ0v) is 15.4. The van der Waals surface area contributed by atoms with E-state index in [1.54, 1.807) is 15.6 Å². The summed E-state index contributed by atoms with van der Waals surface area (Å²) in [6.07, 6.45) is 4.33. The molecule has 1 N–H and O–H groups in total. The van der Waals surface area contributed by atoms with Crippen LogP contribution in [-0.2, 0) is 10.2 Å². The van der Waals surface area contributed by atoms with Gasteiger partial charge in [0, 0.05) is 24.5 Å². The lowest BCUT2D eigenvalue weighted by Gasteiger charge is -2.36. The predicted molar refractivity (Wildman–Crippen MR) is 94.8 cm³/mol. The fraction of sp³-hybridized carbons (Fsp3) is 0.750. The van der Waals surface area contributed by atoms with Crippen molar-refractivity contribution in [3.8, 4) is 0 Å². The Balaban J connectivity index is 1.67. The Hall–Kier alpha value is -0.470. The van der Waals surface area contributed by atoms with Crippen molar-refractivity contribution in [2.45, 2.75) is 38.6 Å². The molecular weight excluding hydrogens is 330 g/mol. The van der Waals surface area contributed by atoms with Crippen LogP contribution < -0.4 is 4.72 Å². The maximum Gasteiger partial charge on any atom is 0.279 e. The van der Waals surface area contributed by atoms with Gasteiger partial charge in [-0.3, -0.25) is 4.90 Å². The Kier molecular flexibility index (Phi) is 5.74. The molecule has 0 radical (unpaired) electrons. The molecule has 2 aliphatic rings. The molecule has 3 heterocycles. The van der Waals surface area contributed by atoms with Gasteiger partial charge >= 0.3 is 0 Å². The Morgan fingerprint density at radius 1 is 1.26 bits per heavy atom. The van der Waals surface area contributed by atoms with Crippen molar-refractivity contribution >= 4 is 21.5 Å². The first-order valence-electron chi connectivity index (χ1n) is 8.58. The molecule has 0 spiro atoms. The number of piperidine rings is 1. The molecule has 0 aromatic carbocycles. The average molecular weight is 358 g/mol. The highest BCUT2D eigenvalue weighted by molar-refractivity contribution is 7.87. The minimum atomic E-state index is -3.33. The second-order valence-electron chi connectivity index (χ2n) is 6.71. The third-order valence-corrected chi connectivity index (χ3v) is 7.54. The predicted octanol–water partition coefficient (Wildman–Crippen LogP) is 2.45. The third-order valence-electron chi connectivity index (χ3n) is 4.99. The summed E-state index contributed by atoms with van der Waals surface area (Å²) in [4.78, 5) is 3.70. The largest absolute Gasteiger partial charge is 0.294 e. The van der Waals surface area contributed by atoms with Gasteiger partial charge in [0.2, 0.25) is 0 Å². The minimum absolute atomic E-state index is 0.153. The molecule has 0 bridgehead atoms. The lowest BCUT2D eigenvalue weighted by Crippen LogP contribution is -2.45. The third kappa shape index (κ3) is 4.33. The van der Waals surface area contributed by atoms with Gasteiger partial charge < -0.3 is 0 Å². The first-order valence-corrected chi connectivity index (χ1v) is 10.9. The molecule has 5 nitrogen and oxygen atoms in total. The van der Waals surface area contributed by atoms with Gasteiger partial charge in [-0.05, 0) is 56.1 Å². The van der Waals surface area contributed by atoms with Crippen LogP contribution in [0.3, 0.4) is 0 Å². The van der Waals surface area contributed by atoms with Crippen molar-refractivity contribution in [2.24, 2.45) is 5.92 Å². The SMILES string of the molecule is CC1CCN(C(CNS(=O)(=O)N2CCCC2)c2cccs2)CC1. The van der Waals surface area contributed by atoms with Crippen LogP contribution >= 0.6 is 11.3 Å². The summed E-state index contributed by atoms with van der Waals surface area (Å²) in [6, 6.07) is 4.33. The normalized spacial score (nSPS) is 23.3. The fourth-order valence-corrected chi connectivity index (χ4v) is 5.59. The topological polar surface area (TPSA) is 52.7 Å². The molecule has 23 heavy (non-hydrogen) atoms. The van der Waals surface area contributed by atoms with E-state index in [2.05, 4.69) is 34.1 Å². The van der Waals surface area contributed by atoms with E-state index >= 15 is 0 Å². The van der Waals surface area contributed by atoms with E-state index in [1.165, 1.54) is 17.7 Å². The molecule has 2 aliphatic heterocycles. The Morgan fingerprint density at radius 2 is 1.96 bits per heavy atom. The van der Waals surface area contributed by atoms with E-state index in [1.807, 2.05) is 0 Å². The summed E-state index contributed by atoms with van der Waals surface area (Å²) in [7, 11) is -3.33. The number of nitrogens with one attached hydrogen (secondary N) is 1. The molecule has 2 fully saturated rings. The summed E-state index contributed by atoms with van der Waals surface area (Å²) < 4.78 is 29.3. The van der Waals surface area contributed by atoms with E-state index in [-0.39, 0.29) is 6.04 Å². The van der Waals surface area contributed by atoms with Crippen molar-refractivity contribution in [3.63, 3.8) is 0 Å². The van der Waals surface area contributed by atoms with Crippen LogP contribution in [0.1, 0.15) is 43.5 Å². The highest BCUT2D eigenvalue weighted by atomic mass is 32.2. The van der Waals surface area contributed by atoms with Crippen molar-refractivity contribution in [1.82, 2.24) is 13.9 Å². The van der Waals surface area contributed by atoms with Gasteiger partial charge in [-0.15, -0.1) is 11.3 Å². The maximum atomic E-state index is 12.4. The van der Waals surface area contributed by atoms with Crippen LogP contribution in [0.4, 0.5) is 0 Å². The van der Waals surface area contributed by atoms with E-state index in [0.717, 1.165) is 31.8 Å². The molecule has 2 saturated heterocycles. The highest BCUT2D eigenvalue weighted by Crippen LogP contribution is 2.29. The molecule has 7 heteroatoms. The van der Waals surface area contributed by atoms with Crippen molar-refractivity contribution in [2.75, 3.05) is 32.7 Å². The first-order chi connectivity index (χ1) is 11.1. The van der Waals surface area contributed by atoms with Crippen molar-refractivity contribution in [3.05, 3.63) is 22.4 Å². The van der Waals surface area contributed by atoms with E-state index in [4.69, 9.17) is 0 Å². The molecule has 130 valence electrons. The van der Waals surface area contributed by atoms with Gasteiger partial charge in [-0.2, -0.15) is 12.7 Å². The van der Waals surface area contributed by atoms with Crippen molar-refractivity contribution < 1.29 is 8.42 Å². The van der Waals surface area contributed by atoms with Crippen molar-refractivity contribution in [1.29, 1.82) is 0 Å². The Morgan fingerprint density at radius 3 is 2.57 bits per heavy atom. The molecule has 0 aliphatic carbocycles. The first kappa shape index (κ1) is 17.4. The summed E-state index contributed by atoms with van der Waals surface area (Å²) in [5, 5.41) is 2.07. The van der Waals surface area contributed by atoms with Gasteiger partial charge in [0.1, 0.15) is 0 Å². The summed E-state index contributed by atoms with van der Waals surface area (Å²) >= 11 is 1.72. The number of thiophene rings is 1. The van der Waals surface area contributed by atoms with Crippen LogP contribution in [0.25, 0.3) is 0 Å². The number of hydrogen-bond donors (Lipinski definition) is 1. The van der Waals surface area contributed by atoms with E-state index in [9.17, 15) is 8.42 Å². The maximum absolute atomic E-state index is 12.4. The summed E-state index contributed by atoms with van der Waals surface area (Å²) in [5.74, 6) is 0.775. The zero-order valence-electron chi connectivity index (χ0n) is 13.8. The molecule has 1 aromatic heterocycles. The summed E-state index contributed by atoms with van der Waals surface area (Å²) in [6.45, 7) is 6.17. The molecule has 1 aromatic rings. The Bertz CT molecular complexity index is 574. The van der Waals surface area contributed by atoms with Crippen LogP contribution in [0.2, 0.25) is 0 Å². The van der Waals surface area contributed by atoms with Crippen LogP contribution in [-0.4, -0.2) is 50.3 Å². The molecule has 0 saturated carbocycles. The molecular formula is C16H27N3O2S2. The molecule has 1 unspecified atom stereocenters. The lowest BCUT2D eigenvalue weighted by atomic mass is 9.97. The van der Waals surface area contributed by atoms with Gasteiger partial charge in [-0.1, -0.05) is 13.0 Å². The number of hydrogen-bond acceptors (Lipinski definition) is 4. The highest BCUT2D eigenvalue weighted by Gasteiger charge is 2.29. The van der Waals surface area contributed by atoms with Gasteiger partial charge in [0.05, 0.1) is 6.04 Å². The Labute approximate surface area is 143 Å². The molecule has 1 atom stereocenters. The van der Waals surface area contributed by atoms with Crippen LogP contribution in [0.5, 0.6) is 0 Å². The van der Waals surface area contributed by atoms with Crippen LogP contribution in [0, 0.1) is 5.92 Å². The second-order valence-corrected chi connectivity index (χ2v) is 9.44. The zero-order chi connectivity index (χ0) is 16.3. The number of nitrogens with zero attached hydrogens (tertiary/aromatic N) is 2. The van der Waals surface area contributed by atoms with Gasteiger partial charge in [-0.25, -0.2) is 4.72 Å². The lowest BCUT2D eigenvalue weighted by molar-refractivity contribution is 0.140. The monoisotopic (exact) mass is 357 g/mol. The molecule has 3 rings (SSSR count). The number of likely N-dealkylation sites (tertiary alicyclic amines) is 1. The van der Waals surface area contributed by atoms with E-state index in [0.29, 0.717) is 19.6 Å². The van der Waals surface area contributed by atoms with Gasteiger partial charge in [0.25, 0.3) is 10.2 Å². The quantitative estimate of drug-likeness (QED) is 0.851. The standard InChI is InChI=1S/C16H27N3O2S2/c1-14-6-10-18(11-7-14)15(16-5-4-12-22-16)13-17-23(20,21)19-8-2-3-9-19/h4-5,12,14-15,17H,2-3,6-11,13H2,1H3. The smallest absolute Gasteiger partial charge is 0.279 e. The second kappa shape index (κ2) is 7.61. The fourth-order valence-electron chi connectivity index (χ4n) is 3.43. The molecule has 0 amide bonds. The van der Waals surface area contributed by atoms with Crippen LogP contribution in [0.15, 0.2) is 17.5 Å².